The number of nitrogens with one attached hydrogen (secondary N) is 1. The maximum atomic E-state index is 5.87. The third-order valence-corrected chi connectivity index (χ3v) is 4.59. The SMILES string of the molecule is C(=N\NC1=Nc2cccc3cccc1c23)/c1cccc(Oc2ccccc2)c1. The Morgan fingerprint density at radius 3 is 2.46 bits per heavy atom. The quantitative estimate of drug-likeness (QED) is 0.376. The average Bonchev–Trinajstić information content (AvgIpc) is 3.09. The second-order valence-corrected chi connectivity index (χ2v) is 6.50. The Morgan fingerprint density at radius 1 is 0.786 bits per heavy atom. The molecule has 5 rings (SSSR count). The van der Waals surface area contributed by atoms with Crippen molar-refractivity contribution in [2.75, 3.05) is 0 Å². The zero-order valence-corrected chi connectivity index (χ0v) is 15.0. The van der Waals surface area contributed by atoms with E-state index < -0.39 is 0 Å². The van der Waals surface area contributed by atoms with Gasteiger partial charge in [-0.1, -0.05) is 60.7 Å². The summed E-state index contributed by atoms with van der Waals surface area (Å²) in [6.45, 7) is 0. The van der Waals surface area contributed by atoms with E-state index in [1.165, 1.54) is 10.8 Å². The molecule has 0 atom stereocenters. The molecule has 0 fully saturated rings. The molecular weight excluding hydrogens is 346 g/mol. The van der Waals surface area contributed by atoms with Gasteiger partial charge in [0.2, 0.25) is 0 Å². The summed E-state index contributed by atoms with van der Waals surface area (Å²) in [5, 5.41) is 6.73. The summed E-state index contributed by atoms with van der Waals surface area (Å²) in [7, 11) is 0. The predicted molar refractivity (Wildman–Crippen MR) is 114 cm³/mol. The van der Waals surface area contributed by atoms with Gasteiger partial charge in [-0.25, -0.2) is 4.99 Å². The lowest BCUT2D eigenvalue weighted by molar-refractivity contribution is 0.482. The van der Waals surface area contributed by atoms with E-state index in [-0.39, 0.29) is 0 Å². The first kappa shape index (κ1) is 16.3. The molecule has 1 N–H and O–H groups in total. The molecule has 4 heteroatoms. The van der Waals surface area contributed by atoms with Crippen LogP contribution in [0.25, 0.3) is 10.8 Å². The first-order valence-electron chi connectivity index (χ1n) is 9.10. The lowest BCUT2D eigenvalue weighted by atomic mass is 10.0. The number of hydrazone groups is 1. The van der Waals surface area contributed by atoms with E-state index in [0.29, 0.717) is 0 Å². The van der Waals surface area contributed by atoms with Gasteiger partial charge in [-0.15, -0.1) is 0 Å². The van der Waals surface area contributed by atoms with Crippen LogP contribution in [0.4, 0.5) is 5.69 Å². The minimum atomic E-state index is 0.764. The number of benzene rings is 4. The molecule has 1 heterocycles. The van der Waals surface area contributed by atoms with Gasteiger partial charge in [-0.3, -0.25) is 5.43 Å². The number of rotatable bonds is 4. The predicted octanol–water partition coefficient (Wildman–Crippen LogP) is 5.65. The molecule has 1 aliphatic heterocycles. The van der Waals surface area contributed by atoms with Crippen molar-refractivity contribution in [3.05, 3.63) is 102 Å². The molecule has 4 aromatic rings. The zero-order valence-electron chi connectivity index (χ0n) is 15.0. The highest BCUT2D eigenvalue weighted by molar-refractivity contribution is 6.18. The number of ether oxygens (including phenoxy) is 1. The highest BCUT2D eigenvalue weighted by atomic mass is 16.5. The first-order chi connectivity index (χ1) is 13.9. The minimum Gasteiger partial charge on any atom is -0.457 e. The highest BCUT2D eigenvalue weighted by Gasteiger charge is 2.17. The van der Waals surface area contributed by atoms with Crippen LogP contribution < -0.4 is 10.2 Å². The molecule has 0 unspecified atom stereocenters. The van der Waals surface area contributed by atoms with E-state index in [0.717, 1.165) is 34.1 Å². The number of para-hydroxylation sites is 1. The van der Waals surface area contributed by atoms with E-state index in [4.69, 9.17) is 4.74 Å². The Morgan fingerprint density at radius 2 is 1.57 bits per heavy atom. The smallest absolute Gasteiger partial charge is 0.154 e. The van der Waals surface area contributed by atoms with Crippen molar-refractivity contribution in [1.29, 1.82) is 0 Å². The summed E-state index contributed by atoms with van der Waals surface area (Å²) in [6, 6.07) is 29.9. The second-order valence-electron chi connectivity index (χ2n) is 6.50. The molecule has 0 aromatic heterocycles. The molecule has 0 aliphatic carbocycles. The molecule has 0 saturated heterocycles. The van der Waals surface area contributed by atoms with Gasteiger partial charge in [0.15, 0.2) is 5.84 Å². The third-order valence-electron chi connectivity index (χ3n) is 4.59. The summed E-state index contributed by atoms with van der Waals surface area (Å²) < 4.78 is 5.87. The number of hydrogen-bond acceptors (Lipinski definition) is 4. The third kappa shape index (κ3) is 3.12. The van der Waals surface area contributed by atoms with Crippen LogP contribution in [0.5, 0.6) is 11.5 Å². The standard InChI is InChI=1S/C24H17N3O/c1-2-10-19(11-3-1)28-20-12-4-7-17(15-20)16-25-27-24-21-13-5-8-18-9-6-14-22(26-24)23(18)21/h1-16H,(H,26,27)/b25-16+. The molecule has 4 nitrogen and oxygen atoms in total. The van der Waals surface area contributed by atoms with Crippen LogP contribution >= 0.6 is 0 Å². The average molecular weight is 363 g/mol. The maximum absolute atomic E-state index is 5.87. The Bertz CT molecular complexity index is 1210. The van der Waals surface area contributed by atoms with Crippen LogP contribution in [0.2, 0.25) is 0 Å². The Labute approximate surface area is 162 Å². The van der Waals surface area contributed by atoms with Gasteiger partial charge in [0.25, 0.3) is 0 Å². The van der Waals surface area contributed by atoms with E-state index in [1.54, 1.807) is 6.21 Å². The summed E-state index contributed by atoms with van der Waals surface area (Å²) in [6.07, 6.45) is 1.77. The van der Waals surface area contributed by atoms with Gasteiger partial charge < -0.3 is 4.74 Å². The van der Waals surface area contributed by atoms with Crippen molar-refractivity contribution < 1.29 is 4.74 Å². The van der Waals surface area contributed by atoms with E-state index in [2.05, 4.69) is 33.7 Å². The second kappa shape index (κ2) is 7.00. The zero-order chi connectivity index (χ0) is 18.8. The van der Waals surface area contributed by atoms with Crippen molar-refractivity contribution in [3.63, 3.8) is 0 Å². The molecule has 0 saturated carbocycles. The number of hydrogen-bond donors (Lipinski definition) is 1. The fourth-order valence-corrected chi connectivity index (χ4v) is 3.33. The van der Waals surface area contributed by atoms with E-state index in [9.17, 15) is 0 Å². The van der Waals surface area contributed by atoms with Gasteiger partial charge in [0.05, 0.1) is 11.9 Å². The topological polar surface area (TPSA) is 46.0 Å². The van der Waals surface area contributed by atoms with Crippen molar-refractivity contribution in [3.8, 4) is 11.5 Å². The van der Waals surface area contributed by atoms with Gasteiger partial charge in [0.1, 0.15) is 11.5 Å². The fraction of sp³-hybridized carbons (Fsp3) is 0. The van der Waals surface area contributed by atoms with Crippen LogP contribution in [0, 0.1) is 0 Å². The van der Waals surface area contributed by atoms with Gasteiger partial charge in [-0.05, 0) is 41.3 Å². The molecular formula is C24H17N3O. The molecule has 0 spiro atoms. The summed E-state index contributed by atoms with van der Waals surface area (Å²) >= 11 is 0. The first-order valence-corrected chi connectivity index (χ1v) is 9.10. The van der Waals surface area contributed by atoms with Gasteiger partial charge in [0, 0.05) is 10.9 Å². The molecule has 28 heavy (non-hydrogen) atoms. The fourth-order valence-electron chi connectivity index (χ4n) is 3.33. The number of aliphatic imine (C=N–C) groups is 1. The number of nitrogens with zero attached hydrogens (tertiary/aromatic N) is 2. The summed E-state index contributed by atoms with van der Waals surface area (Å²) in [5.74, 6) is 2.34. The highest BCUT2D eigenvalue weighted by Crippen LogP contribution is 2.34. The van der Waals surface area contributed by atoms with Crippen molar-refractivity contribution in [2.24, 2.45) is 10.1 Å². The largest absolute Gasteiger partial charge is 0.457 e. The van der Waals surface area contributed by atoms with Crippen LogP contribution in [0.1, 0.15) is 11.1 Å². The minimum absolute atomic E-state index is 0.764. The Hall–Kier alpha value is -3.92. The van der Waals surface area contributed by atoms with Gasteiger partial charge in [-0.2, -0.15) is 5.10 Å². The monoisotopic (exact) mass is 363 g/mol. The van der Waals surface area contributed by atoms with Crippen LogP contribution in [0.15, 0.2) is 101 Å². The van der Waals surface area contributed by atoms with Crippen molar-refractivity contribution in [1.82, 2.24) is 5.43 Å². The normalized spacial score (nSPS) is 12.4. The molecule has 0 radical (unpaired) electrons. The van der Waals surface area contributed by atoms with E-state index in [1.807, 2.05) is 72.8 Å². The van der Waals surface area contributed by atoms with E-state index >= 15 is 0 Å². The molecule has 4 aromatic carbocycles. The molecule has 0 amide bonds. The molecule has 1 aliphatic rings. The molecule has 0 bridgehead atoms. The van der Waals surface area contributed by atoms with Crippen molar-refractivity contribution >= 4 is 28.5 Å². The molecule has 134 valence electrons. The van der Waals surface area contributed by atoms with Crippen LogP contribution in [-0.2, 0) is 0 Å². The number of amidine groups is 1. The summed E-state index contributed by atoms with van der Waals surface area (Å²) in [4.78, 5) is 4.67. The maximum Gasteiger partial charge on any atom is 0.154 e. The van der Waals surface area contributed by atoms with Crippen LogP contribution in [0.3, 0.4) is 0 Å². The Balaban J connectivity index is 1.33. The summed E-state index contributed by atoms with van der Waals surface area (Å²) in [5.41, 5.74) is 6.08. The Kier molecular flexibility index (Phi) is 4.07. The lowest BCUT2D eigenvalue weighted by Gasteiger charge is -2.06. The van der Waals surface area contributed by atoms with Crippen LogP contribution in [-0.4, -0.2) is 12.1 Å². The van der Waals surface area contributed by atoms with Gasteiger partial charge >= 0.3 is 0 Å². The van der Waals surface area contributed by atoms with Crippen molar-refractivity contribution in [2.45, 2.75) is 0 Å². The lowest BCUT2D eigenvalue weighted by Crippen LogP contribution is -2.17.